The summed E-state index contributed by atoms with van der Waals surface area (Å²) in [5, 5.41) is 0. The fourth-order valence-corrected chi connectivity index (χ4v) is 0.524. The van der Waals surface area contributed by atoms with Gasteiger partial charge in [-0.25, -0.2) is 0 Å². The molecule has 0 aromatic rings. The zero-order chi connectivity index (χ0) is 4.83. The van der Waals surface area contributed by atoms with Gasteiger partial charge in [-0.15, -0.1) is 12.4 Å². The van der Waals surface area contributed by atoms with Gasteiger partial charge in [0.05, 0.1) is 0 Å². The van der Waals surface area contributed by atoms with Crippen LogP contribution in [0, 0.1) is 0 Å². The highest BCUT2D eigenvalue weighted by Crippen LogP contribution is 1.82. The first-order valence-corrected chi connectivity index (χ1v) is 3.04. The summed E-state index contributed by atoms with van der Waals surface area (Å²) >= 11 is 3.10. The van der Waals surface area contributed by atoms with Crippen LogP contribution in [0.5, 0.6) is 0 Å². The van der Waals surface area contributed by atoms with Crippen molar-refractivity contribution in [2.24, 2.45) is 0 Å². The van der Waals surface area contributed by atoms with E-state index >= 15 is 0 Å². The third-order valence-electron chi connectivity index (χ3n) is 0.625. The molecule has 0 spiro atoms. The van der Waals surface area contributed by atoms with Crippen LogP contribution in [0.25, 0.3) is 0 Å². The van der Waals surface area contributed by atoms with Crippen molar-refractivity contribution < 1.29 is 0 Å². The molecule has 0 atom stereocenters. The van der Waals surface area contributed by atoms with Gasteiger partial charge in [-0.1, -0.05) is 13.3 Å². The second kappa shape index (κ2) is 9.88. The molecule has 0 bridgehead atoms. The predicted octanol–water partition coefficient (Wildman–Crippen LogP) is 2.11. The average Bonchev–Trinajstić information content (AvgIpc) is 1.61. The van der Waals surface area contributed by atoms with Crippen LogP contribution in [0.1, 0.15) is 19.8 Å². The van der Waals surface area contributed by atoms with Crippen LogP contribution in [-0.4, -0.2) is 6.54 Å². The van der Waals surface area contributed by atoms with Crippen molar-refractivity contribution in [3.8, 4) is 0 Å². The summed E-state index contributed by atoms with van der Waals surface area (Å²) in [5.41, 5.74) is 0. The number of hydrogen-bond acceptors (Lipinski definition) is 1. The molecule has 0 saturated carbocycles. The van der Waals surface area contributed by atoms with E-state index in [1.807, 2.05) is 0 Å². The summed E-state index contributed by atoms with van der Waals surface area (Å²) in [6, 6.07) is 0. The van der Waals surface area contributed by atoms with Crippen LogP contribution in [0.4, 0.5) is 0 Å². The standard InChI is InChI=1S/C4H10BrN.ClH/c1-2-3-4-6-5;/h6H,2-4H2,1H3;1H. The van der Waals surface area contributed by atoms with E-state index in [0.29, 0.717) is 0 Å². The Bertz CT molecular complexity index is 23.7. The van der Waals surface area contributed by atoms with E-state index in [2.05, 4.69) is 27.4 Å². The van der Waals surface area contributed by atoms with E-state index in [1.54, 1.807) is 0 Å². The lowest BCUT2D eigenvalue weighted by molar-refractivity contribution is 0.782. The fraction of sp³-hybridized carbons (Fsp3) is 1.00. The Balaban J connectivity index is 0. The van der Waals surface area contributed by atoms with Crippen molar-refractivity contribution in [2.45, 2.75) is 19.8 Å². The van der Waals surface area contributed by atoms with E-state index in [1.165, 1.54) is 12.8 Å². The summed E-state index contributed by atoms with van der Waals surface area (Å²) in [6.45, 7) is 3.25. The highest BCUT2D eigenvalue weighted by molar-refractivity contribution is 9.08. The van der Waals surface area contributed by atoms with Gasteiger partial charge in [-0.3, -0.25) is 4.34 Å². The van der Waals surface area contributed by atoms with Gasteiger partial charge in [0.2, 0.25) is 0 Å². The van der Waals surface area contributed by atoms with Gasteiger partial charge >= 0.3 is 0 Å². The Morgan fingerprint density at radius 1 is 1.57 bits per heavy atom. The molecule has 0 aromatic heterocycles. The van der Waals surface area contributed by atoms with E-state index in [0.717, 1.165) is 6.54 Å². The maximum Gasteiger partial charge on any atom is 0.00875 e. The molecule has 0 rings (SSSR count). The maximum absolute atomic E-state index is 3.10. The molecule has 0 aliphatic carbocycles. The van der Waals surface area contributed by atoms with Crippen LogP contribution < -0.4 is 4.34 Å². The number of halogens is 2. The van der Waals surface area contributed by atoms with Gasteiger partial charge in [0.15, 0.2) is 0 Å². The lowest BCUT2D eigenvalue weighted by atomic mass is 10.3. The Kier molecular flexibility index (Phi) is 15.0. The van der Waals surface area contributed by atoms with Gasteiger partial charge in [0.1, 0.15) is 0 Å². The zero-order valence-corrected chi connectivity index (χ0v) is 6.81. The molecular formula is C4H11BrClN. The minimum absolute atomic E-state index is 0. The van der Waals surface area contributed by atoms with Crippen molar-refractivity contribution in [2.75, 3.05) is 6.54 Å². The van der Waals surface area contributed by atoms with Gasteiger partial charge < -0.3 is 0 Å². The van der Waals surface area contributed by atoms with E-state index in [9.17, 15) is 0 Å². The van der Waals surface area contributed by atoms with Gasteiger partial charge in [-0.05, 0) is 6.42 Å². The highest BCUT2D eigenvalue weighted by Gasteiger charge is 1.74. The predicted molar refractivity (Wildman–Crippen MR) is 39.1 cm³/mol. The van der Waals surface area contributed by atoms with Crippen molar-refractivity contribution in [3.05, 3.63) is 0 Å². The van der Waals surface area contributed by atoms with E-state index in [4.69, 9.17) is 0 Å². The number of hydrogen-bond donors (Lipinski definition) is 1. The molecule has 7 heavy (non-hydrogen) atoms. The number of rotatable bonds is 3. The Morgan fingerprint density at radius 3 is 2.29 bits per heavy atom. The monoisotopic (exact) mass is 187 g/mol. The largest absolute Gasteiger partial charge is 0.256 e. The molecule has 0 heterocycles. The number of nitrogens with one attached hydrogen (secondary N) is 1. The molecule has 0 fully saturated rings. The minimum Gasteiger partial charge on any atom is -0.256 e. The molecule has 3 heteroatoms. The molecule has 0 saturated heterocycles. The number of unbranched alkanes of at least 4 members (excludes halogenated alkanes) is 1. The normalized spacial score (nSPS) is 7.71. The van der Waals surface area contributed by atoms with Crippen molar-refractivity contribution in [3.63, 3.8) is 0 Å². The molecule has 1 nitrogen and oxygen atoms in total. The third kappa shape index (κ3) is 10.8. The summed E-state index contributed by atoms with van der Waals surface area (Å²) < 4.78 is 2.88. The summed E-state index contributed by atoms with van der Waals surface area (Å²) in [4.78, 5) is 0. The highest BCUT2D eigenvalue weighted by atomic mass is 79.9. The van der Waals surface area contributed by atoms with Crippen LogP contribution in [0.2, 0.25) is 0 Å². The first kappa shape index (κ1) is 10.7. The maximum atomic E-state index is 3.10. The van der Waals surface area contributed by atoms with Crippen LogP contribution >= 0.6 is 28.6 Å². The zero-order valence-electron chi connectivity index (χ0n) is 4.41. The van der Waals surface area contributed by atoms with Gasteiger partial charge in [0.25, 0.3) is 0 Å². The lowest BCUT2D eigenvalue weighted by Gasteiger charge is -1.87. The molecule has 0 amide bonds. The van der Waals surface area contributed by atoms with Crippen LogP contribution in [-0.2, 0) is 0 Å². The molecule has 46 valence electrons. The molecular weight excluding hydrogens is 177 g/mol. The second-order valence-electron chi connectivity index (χ2n) is 1.24. The first-order valence-electron chi connectivity index (χ1n) is 2.25. The topological polar surface area (TPSA) is 12.0 Å². The summed E-state index contributed by atoms with van der Waals surface area (Å²) in [7, 11) is 0. The smallest absolute Gasteiger partial charge is 0.00875 e. The van der Waals surface area contributed by atoms with Gasteiger partial charge in [-0.2, -0.15) is 0 Å². The fourth-order valence-electron chi connectivity index (χ4n) is 0.244. The third-order valence-corrected chi connectivity index (χ3v) is 1.02. The SMILES string of the molecule is CCCCNBr.Cl. The Hall–Kier alpha value is 0.730. The van der Waals surface area contributed by atoms with Crippen LogP contribution in [0.15, 0.2) is 0 Å². The molecule has 0 aromatic carbocycles. The lowest BCUT2D eigenvalue weighted by Crippen LogP contribution is -1.97. The Morgan fingerprint density at radius 2 is 2.14 bits per heavy atom. The summed E-state index contributed by atoms with van der Waals surface area (Å²) in [5.74, 6) is 0. The van der Waals surface area contributed by atoms with E-state index in [-0.39, 0.29) is 12.4 Å². The molecule has 0 unspecified atom stereocenters. The molecule has 0 radical (unpaired) electrons. The molecule has 0 aliphatic heterocycles. The average molecular weight is 188 g/mol. The Labute approximate surface area is 59.6 Å². The second-order valence-corrected chi connectivity index (χ2v) is 1.80. The van der Waals surface area contributed by atoms with Gasteiger partial charge in [0, 0.05) is 22.7 Å². The van der Waals surface area contributed by atoms with E-state index < -0.39 is 0 Å². The van der Waals surface area contributed by atoms with Crippen LogP contribution in [0.3, 0.4) is 0 Å². The van der Waals surface area contributed by atoms with Crippen molar-refractivity contribution >= 4 is 28.6 Å². The van der Waals surface area contributed by atoms with Crippen molar-refractivity contribution in [1.29, 1.82) is 0 Å². The molecule has 0 aliphatic rings. The minimum atomic E-state index is 0. The summed E-state index contributed by atoms with van der Waals surface area (Å²) in [6.07, 6.45) is 2.52. The first-order chi connectivity index (χ1) is 2.91. The van der Waals surface area contributed by atoms with Crippen molar-refractivity contribution in [1.82, 2.24) is 4.34 Å². The molecule has 1 N–H and O–H groups in total. The quantitative estimate of drug-likeness (QED) is 0.528.